The van der Waals surface area contributed by atoms with Crippen LogP contribution in [0.5, 0.6) is 0 Å². The van der Waals surface area contributed by atoms with Crippen LogP contribution >= 0.6 is 0 Å². The normalized spacial score (nSPS) is 23.2. The first-order valence-corrected chi connectivity index (χ1v) is 15.6. The van der Waals surface area contributed by atoms with Gasteiger partial charge in [-0.05, 0) is 61.8 Å². The van der Waals surface area contributed by atoms with Crippen LogP contribution < -0.4 is 0 Å². The van der Waals surface area contributed by atoms with Crippen LogP contribution in [0.3, 0.4) is 0 Å². The van der Waals surface area contributed by atoms with Crippen molar-refractivity contribution in [3.8, 4) is 0 Å². The van der Waals surface area contributed by atoms with E-state index in [-0.39, 0.29) is 30.3 Å². The van der Waals surface area contributed by atoms with E-state index in [1.54, 1.807) is 0 Å². The number of amides is 2. The van der Waals surface area contributed by atoms with Crippen LogP contribution in [0.25, 0.3) is 0 Å². The van der Waals surface area contributed by atoms with Crippen molar-refractivity contribution in [1.82, 2.24) is 9.80 Å². The molecule has 0 radical (unpaired) electrons. The molecule has 222 valence electrons. The minimum atomic E-state index is -0.747. The summed E-state index contributed by atoms with van der Waals surface area (Å²) in [4.78, 5) is 19.1. The van der Waals surface area contributed by atoms with Crippen molar-refractivity contribution in [2.24, 2.45) is 0 Å². The zero-order chi connectivity index (χ0) is 29.6. The molecule has 4 aromatic rings. The van der Waals surface area contributed by atoms with Crippen LogP contribution in [0.1, 0.15) is 48.9 Å². The van der Waals surface area contributed by atoms with Crippen molar-refractivity contribution < 1.29 is 14.3 Å². The van der Waals surface area contributed by atoms with E-state index in [9.17, 15) is 4.79 Å². The lowest BCUT2D eigenvalue weighted by Crippen LogP contribution is -2.50. The van der Waals surface area contributed by atoms with Crippen LogP contribution in [0.15, 0.2) is 121 Å². The van der Waals surface area contributed by atoms with Crippen molar-refractivity contribution in [2.75, 3.05) is 0 Å². The highest BCUT2D eigenvalue weighted by atomic mass is 16.8. The molecule has 0 unspecified atom stereocenters. The molecule has 2 aliphatic heterocycles. The van der Waals surface area contributed by atoms with Gasteiger partial charge in [-0.1, -0.05) is 121 Å². The summed E-state index contributed by atoms with van der Waals surface area (Å²) in [5.74, 6) is -0.747. The van der Waals surface area contributed by atoms with Gasteiger partial charge in [-0.2, -0.15) is 0 Å². The number of carbonyl (C=O) groups is 1. The first kappa shape index (κ1) is 29.2. The van der Waals surface area contributed by atoms with Gasteiger partial charge in [0, 0.05) is 13.1 Å². The summed E-state index contributed by atoms with van der Waals surface area (Å²) in [6, 6.07) is 41.5. The van der Waals surface area contributed by atoms with E-state index in [2.05, 4.69) is 82.6 Å². The number of rotatable bonds is 10. The number of nitrogens with zero attached hydrogens (tertiary/aromatic N) is 2. The van der Waals surface area contributed by atoms with Crippen molar-refractivity contribution in [1.29, 1.82) is 0 Å². The molecule has 0 aliphatic carbocycles. The molecule has 5 heteroatoms. The van der Waals surface area contributed by atoms with Crippen LogP contribution in [-0.2, 0) is 35.4 Å². The number of benzene rings is 4. The Balaban J connectivity index is 1.41. The maximum atomic E-state index is 14.9. The fraction of sp³-hybridized carbons (Fsp3) is 0.342. The maximum absolute atomic E-state index is 14.9. The number of carbonyl (C=O) groups excluding carboxylic acids is 1. The van der Waals surface area contributed by atoms with E-state index in [1.165, 1.54) is 11.1 Å². The second-order valence-corrected chi connectivity index (χ2v) is 12.3. The van der Waals surface area contributed by atoms with E-state index < -0.39 is 5.79 Å². The average molecular weight is 575 g/mol. The molecule has 4 atom stereocenters. The minimum absolute atomic E-state index is 0.0447. The van der Waals surface area contributed by atoms with Gasteiger partial charge in [-0.3, -0.25) is 0 Å². The molecule has 2 aliphatic rings. The zero-order valence-electron chi connectivity index (χ0n) is 25.2. The van der Waals surface area contributed by atoms with Gasteiger partial charge in [-0.25, -0.2) is 4.79 Å². The van der Waals surface area contributed by atoms with E-state index >= 15 is 0 Å². The molecule has 2 fully saturated rings. The van der Waals surface area contributed by atoms with Gasteiger partial charge < -0.3 is 19.3 Å². The molecular formula is C38H42N2O3. The summed E-state index contributed by atoms with van der Waals surface area (Å²) < 4.78 is 13.6. The number of ether oxygens (including phenoxy) is 2. The topological polar surface area (TPSA) is 42.0 Å². The molecule has 4 aromatic carbocycles. The van der Waals surface area contributed by atoms with Gasteiger partial charge in [0.25, 0.3) is 0 Å². The monoisotopic (exact) mass is 574 g/mol. The summed E-state index contributed by atoms with van der Waals surface area (Å²) >= 11 is 0. The number of hydrogen-bond acceptors (Lipinski definition) is 3. The van der Waals surface area contributed by atoms with E-state index in [0.717, 1.165) is 36.8 Å². The molecule has 6 rings (SSSR count). The van der Waals surface area contributed by atoms with Gasteiger partial charge in [0.2, 0.25) is 0 Å². The molecule has 0 N–H and O–H groups in total. The highest BCUT2D eigenvalue weighted by molar-refractivity contribution is 5.76. The molecule has 0 spiro atoms. The molecule has 43 heavy (non-hydrogen) atoms. The van der Waals surface area contributed by atoms with Crippen LogP contribution in [0.2, 0.25) is 0 Å². The van der Waals surface area contributed by atoms with Crippen molar-refractivity contribution in [3.05, 3.63) is 144 Å². The predicted molar refractivity (Wildman–Crippen MR) is 170 cm³/mol. The standard InChI is InChI=1S/C38H42N2O3/c1-38(2)42-35-33(25-23-29-15-7-3-8-16-29)39(27-31-19-11-5-12-20-31)37(41)40(28-32-21-13-6-14-22-32)34(36(35)43-38)26-24-30-17-9-4-10-18-30/h3-22,33-36H,23-28H2,1-2H3/t33-,34-,35+,36+/m1/s1. The number of fused-ring (bicyclic) bond motifs is 1. The third-order valence-electron chi connectivity index (χ3n) is 8.75. The number of aryl methyl sites for hydroxylation is 2. The second kappa shape index (κ2) is 13.2. The maximum Gasteiger partial charge on any atom is 0.321 e. The van der Waals surface area contributed by atoms with Crippen LogP contribution in [0, 0.1) is 0 Å². The average Bonchev–Trinajstić information content (AvgIpc) is 3.33. The largest absolute Gasteiger partial charge is 0.342 e. The van der Waals surface area contributed by atoms with Crippen molar-refractivity contribution in [3.63, 3.8) is 0 Å². The van der Waals surface area contributed by atoms with Gasteiger partial charge in [0.05, 0.1) is 12.1 Å². The lowest BCUT2D eigenvalue weighted by molar-refractivity contribution is -0.158. The summed E-state index contributed by atoms with van der Waals surface area (Å²) in [6.07, 6.45) is 2.76. The molecule has 2 heterocycles. The van der Waals surface area contributed by atoms with Crippen molar-refractivity contribution >= 4 is 6.03 Å². The molecular weight excluding hydrogens is 532 g/mol. The first-order valence-electron chi connectivity index (χ1n) is 15.6. The van der Waals surface area contributed by atoms with Crippen molar-refractivity contribution in [2.45, 2.75) is 82.7 Å². The van der Waals surface area contributed by atoms with E-state index in [1.807, 2.05) is 62.4 Å². The lowest BCUT2D eigenvalue weighted by atomic mass is 9.91. The van der Waals surface area contributed by atoms with Gasteiger partial charge in [0.1, 0.15) is 12.2 Å². The van der Waals surface area contributed by atoms with Crippen LogP contribution in [-0.4, -0.2) is 45.9 Å². The minimum Gasteiger partial charge on any atom is -0.342 e. The number of hydrogen-bond donors (Lipinski definition) is 0. The second-order valence-electron chi connectivity index (χ2n) is 12.3. The smallest absolute Gasteiger partial charge is 0.321 e. The summed E-state index contributed by atoms with van der Waals surface area (Å²) in [5, 5.41) is 0. The molecule has 5 nitrogen and oxygen atoms in total. The molecule has 0 bridgehead atoms. The fourth-order valence-electron chi connectivity index (χ4n) is 6.70. The van der Waals surface area contributed by atoms with Crippen LogP contribution in [0.4, 0.5) is 4.79 Å². The Morgan fingerprint density at radius 3 is 1.21 bits per heavy atom. The van der Waals surface area contributed by atoms with E-state index in [4.69, 9.17) is 9.47 Å². The molecule has 2 amide bonds. The van der Waals surface area contributed by atoms with Gasteiger partial charge in [-0.15, -0.1) is 0 Å². The predicted octanol–water partition coefficient (Wildman–Crippen LogP) is 7.65. The third kappa shape index (κ3) is 7.01. The zero-order valence-corrected chi connectivity index (χ0v) is 25.2. The summed E-state index contributed by atoms with van der Waals surface area (Å²) in [5.41, 5.74) is 4.74. The highest BCUT2D eigenvalue weighted by Gasteiger charge is 2.55. The molecule has 0 saturated carbocycles. The number of urea groups is 1. The Bertz CT molecular complexity index is 1340. The Morgan fingerprint density at radius 2 is 0.860 bits per heavy atom. The first-order chi connectivity index (χ1) is 21.0. The van der Waals surface area contributed by atoms with Gasteiger partial charge >= 0.3 is 6.03 Å². The molecule has 2 saturated heterocycles. The SMILES string of the molecule is CC1(C)O[C@@H]2[C@@H](O1)[C@@H](CCc1ccccc1)N(Cc1ccccc1)C(=O)N(Cc1ccccc1)[C@@H]2CCc1ccccc1. The molecule has 0 aromatic heterocycles. The third-order valence-corrected chi connectivity index (χ3v) is 8.75. The Kier molecular flexibility index (Phi) is 8.92. The summed E-state index contributed by atoms with van der Waals surface area (Å²) in [7, 11) is 0. The highest BCUT2D eigenvalue weighted by Crippen LogP contribution is 2.41. The Hall–Kier alpha value is -3.93. The van der Waals surface area contributed by atoms with E-state index in [0.29, 0.717) is 13.1 Å². The Labute approximate surface area is 256 Å². The van der Waals surface area contributed by atoms with Gasteiger partial charge in [0.15, 0.2) is 5.79 Å². The lowest BCUT2D eigenvalue weighted by Gasteiger charge is -2.37. The Morgan fingerprint density at radius 1 is 0.535 bits per heavy atom. The quantitative estimate of drug-likeness (QED) is 0.195. The summed E-state index contributed by atoms with van der Waals surface area (Å²) in [6.45, 7) is 5.05. The fourth-order valence-corrected chi connectivity index (χ4v) is 6.70.